The smallest absolute Gasteiger partial charge is 0.137 e. The molecule has 3 N–H and O–H groups in total. The summed E-state index contributed by atoms with van der Waals surface area (Å²) in [5, 5.41) is 3.84. The molecule has 2 atom stereocenters. The molecule has 23 heavy (non-hydrogen) atoms. The second kappa shape index (κ2) is 6.59. The van der Waals surface area contributed by atoms with Crippen molar-refractivity contribution >= 4 is 5.65 Å². The molecule has 124 valence electrons. The summed E-state index contributed by atoms with van der Waals surface area (Å²) in [5.74, 6) is 0.771. The molecule has 4 rings (SSSR count). The Hall–Kier alpha value is -1.43. The first-order valence-corrected chi connectivity index (χ1v) is 8.85. The van der Waals surface area contributed by atoms with Crippen LogP contribution in [0.4, 0.5) is 0 Å². The van der Waals surface area contributed by atoms with Gasteiger partial charge in [-0.15, -0.1) is 0 Å². The predicted octanol–water partition coefficient (Wildman–Crippen LogP) is 2.40. The van der Waals surface area contributed by atoms with Crippen LogP contribution in [0.25, 0.3) is 5.65 Å². The van der Waals surface area contributed by atoms with E-state index in [-0.39, 0.29) is 6.04 Å². The summed E-state index contributed by atoms with van der Waals surface area (Å²) in [4.78, 5) is 4.49. The Morgan fingerprint density at radius 3 is 2.87 bits per heavy atom. The number of rotatable bonds is 3. The SMILES string of the molecule is NCc1cn2cc(C3COCC(C4CCCCC4)N3)ccc2n1. The molecule has 5 nitrogen and oxygen atoms in total. The molecule has 2 fully saturated rings. The molecular formula is C18H26N4O. The number of imidazole rings is 1. The minimum Gasteiger partial charge on any atom is -0.378 e. The van der Waals surface area contributed by atoms with Crippen LogP contribution in [-0.4, -0.2) is 28.6 Å². The molecule has 2 aromatic rings. The van der Waals surface area contributed by atoms with Crippen LogP contribution in [0, 0.1) is 5.92 Å². The highest BCUT2D eigenvalue weighted by molar-refractivity contribution is 5.42. The molecule has 1 saturated heterocycles. The van der Waals surface area contributed by atoms with E-state index >= 15 is 0 Å². The summed E-state index contributed by atoms with van der Waals surface area (Å²) in [6, 6.07) is 4.99. The average molecular weight is 314 g/mol. The Morgan fingerprint density at radius 1 is 1.17 bits per heavy atom. The molecule has 2 aromatic heterocycles. The van der Waals surface area contributed by atoms with Gasteiger partial charge in [-0.1, -0.05) is 25.3 Å². The molecule has 2 unspecified atom stereocenters. The number of nitrogens with two attached hydrogens (primary N) is 1. The van der Waals surface area contributed by atoms with E-state index in [1.165, 1.54) is 37.7 Å². The van der Waals surface area contributed by atoms with Crippen molar-refractivity contribution in [3.63, 3.8) is 0 Å². The lowest BCUT2D eigenvalue weighted by atomic mass is 9.83. The second-order valence-corrected chi connectivity index (χ2v) is 6.93. The van der Waals surface area contributed by atoms with Gasteiger partial charge in [-0.05, 0) is 30.4 Å². The van der Waals surface area contributed by atoms with Gasteiger partial charge in [0.15, 0.2) is 0 Å². The van der Waals surface area contributed by atoms with Gasteiger partial charge in [0.05, 0.1) is 24.9 Å². The van der Waals surface area contributed by atoms with Crippen molar-refractivity contribution in [1.82, 2.24) is 14.7 Å². The summed E-state index contributed by atoms with van der Waals surface area (Å²) >= 11 is 0. The summed E-state index contributed by atoms with van der Waals surface area (Å²) < 4.78 is 8.01. The first-order chi connectivity index (χ1) is 11.3. The van der Waals surface area contributed by atoms with Crippen molar-refractivity contribution in [2.24, 2.45) is 11.7 Å². The molecule has 0 amide bonds. The molecule has 1 aliphatic heterocycles. The fraction of sp³-hybridized carbons (Fsp3) is 0.611. The first-order valence-electron chi connectivity index (χ1n) is 8.85. The number of hydrogen-bond acceptors (Lipinski definition) is 4. The lowest BCUT2D eigenvalue weighted by molar-refractivity contribution is 0.0201. The van der Waals surface area contributed by atoms with Gasteiger partial charge in [0.2, 0.25) is 0 Å². The molecule has 0 bridgehead atoms. The van der Waals surface area contributed by atoms with Crippen LogP contribution >= 0.6 is 0 Å². The molecule has 0 spiro atoms. The normalized spacial score (nSPS) is 26.7. The van der Waals surface area contributed by atoms with E-state index in [1.54, 1.807) is 0 Å². The third kappa shape index (κ3) is 3.13. The third-order valence-corrected chi connectivity index (χ3v) is 5.35. The highest BCUT2D eigenvalue weighted by Gasteiger charge is 2.30. The van der Waals surface area contributed by atoms with E-state index < -0.39 is 0 Å². The Bertz CT molecular complexity index is 662. The van der Waals surface area contributed by atoms with Crippen molar-refractivity contribution in [2.75, 3.05) is 13.2 Å². The van der Waals surface area contributed by atoms with Gasteiger partial charge in [-0.3, -0.25) is 0 Å². The van der Waals surface area contributed by atoms with E-state index in [4.69, 9.17) is 10.5 Å². The monoisotopic (exact) mass is 314 g/mol. The quantitative estimate of drug-likeness (QED) is 0.913. The Balaban J connectivity index is 1.52. The number of aromatic nitrogens is 2. The number of morpholine rings is 1. The van der Waals surface area contributed by atoms with Crippen LogP contribution in [-0.2, 0) is 11.3 Å². The van der Waals surface area contributed by atoms with Crippen LogP contribution < -0.4 is 11.1 Å². The highest BCUT2D eigenvalue weighted by atomic mass is 16.5. The molecule has 1 saturated carbocycles. The summed E-state index contributed by atoms with van der Waals surface area (Å²) in [5.41, 5.74) is 8.83. The zero-order valence-electron chi connectivity index (χ0n) is 13.6. The molecular weight excluding hydrogens is 288 g/mol. The minimum absolute atomic E-state index is 0.267. The fourth-order valence-electron chi connectivity index (χ4n) is 4.03. The van der Waals surface area contributed by atoms with Gasteiger partial charge < -0.3 is 20.2 Å². The lowest BCUT2D eigenvalue weighted by Gasteiger charge is -2.37. The fourth-order valence-corrected chi connectivity index (χ4v) is 4.03. The number of hydrogen-bond donors (Lipinski definition) is 2. The lowest BCUT2D eigenvalue weighted by Crippen LogP contribution is -2.48. The number of fused-ring (bicyclic) bond motifs is 1. The number of nitrogens with one attached hydrogen (secondary N) is 1. The maximum Gasteiger partial charge on any atom is 0.137 e. The van der Waals surface area contributed by atoms with Gasteiger partial charge in [0.1, 0.15) is 5.65 Å². The largest absolute Gasteiger partial charge is 0.378 e. The predicted molar refractivity (Wildman–Crippen MR) is 90.1 cm³/mol. The van der Waals surface area contributed by atoms with Crippen LogP contribution in [0.5, 0.6) is 0 Å². The standard InChI is InChI=1S/C18H26N4O/c19-8-15-10-22-9-14(6-7-18(22)20-15)17-12-23-11-16(21-17)13-4-2-1-3-5-13/h6-7,9-10,13,16-17,21H,1-5,8,11-12,19H2. The third-order valence-electron chi connectivity index (χ3n) is 5.35. The van der Waals surface area contributed by atoms with Crippen molar-refractivity contribution < 1.29 is 4.74 Å². The first kappa shape index (κ1) is 15.1. The Kier molecular flexibility index (Phi) is 4.33. The van der Waals surface area contributed by atoms with Gasteiger partial charge in [0.25, 0.3) is 0 Å². The van der Waals surface area contributed by atoms with Crippen molar-refractivity contribution in [3.8, 4) is 0 Å². The van der Waals surface area contributed by atoms with Crippen molar-refractivity contribution in [3.05, 3.63) is 35.8 Å². The Labute approximate surface area is 137 Å². The molecule has 3 heterocycles. The topological polar surface area (TPSA) is 64.6 Å². The van der Waals surface area contributed by atoms with Crippen molar-refractivity contribution in [2.45, 2.75) is 50.7 Å². The maximum absolute atomic E-state index is 5.93. The average Bonchev–Trinajstić information content (AvgIpc) is 3.05. The van der Waals surface area contributed by atoms with E-state index in [2.05, 4.69) is 33.0 Å². The number of ether oxygens (including phenoxy) is 1. The minimum atomic E-state index is 0.267. The van der Waals surface area contributed by atoms with Crippen molar-refractivity contribution in [1.29, 1.82) is 0 Å². The molecule has 2 aliphatic rings. The maximum atomic E-state index is 5.93. The Morgan fingerprint density at radius 2 is 2.04 bits per heavy atom. The van der Waals surface area contributed by atoms with Gasteiger partial charge in [-0.2, -0.15) is 0 Å². The van der Waals surface area contributed by atoms with Gasteiger partial charge in [0, 0.05) is 25.0 Å². The van der Waals surface area contributed by atoms with Gasteiger partial charge in [-0.25, -0.2) is 4.98 Å². The summed E-state index contributed by atoms with van der Waals surface area (Å²) in [7, 11) is 0. The van der Waals surface area contributed by atoms with E-state index in [0.29, 0.717) is 12.6 Å². The van der Waals surface area contributed by atoms with Crippen LogP contribution in [0.1, 0.15) is 49.4 Å². The number of nitrogens with zero attached hydrogens (tertiary/aromatic N) is 2. The molecule has 0 radical (unpaired) electrons. The molecule has 0 aromatic carbocycles. The van der Waals surface area contributed by atoms with Crippen LogP contribution in [0.2, 0.25) is 0 Å². The number of pyridine rings is 1. The van der Waals surface area contributed by atoms with E-state index in [1.807, 2.05) is 6.20 Å². The van der Waals surface area contributed by atoms with E-state index in [0.717, 1.165) is 30.5 Å². The van der Waals surface area contributed by atoms with E-state index in [9.17, 15) is 0 Å². The van der Waals surface area contributed by atoms with Crippen LogP contribution in [0.15, 0.2) is 24.5 Å². The zero-order chi connectivity index (χ0) is 15.6. The zero-order valence-corrected chi connectivity index (χ0v) is 13.6. The summed E-state index contributed by atoms with van der Waals surface area (Å²) in [6.45, 7) is 2.07. The van der Waals surface area contributed by atoms with Crippen LogP contribution in [0.3, 0.4) is 0 Å². The highest BCUT2D eigenvalue weighted by Crippen LogP contribution is 2.30. The summed E-state index contributed by atoms with van der Waals surface area (Å²) in [6.07, 6.45) is 11.0. The molecule has 1 aliphatic carbocycles. The second-order valence-electron chi connectivity index (χ2n) is 6.93. The van der Waals surface area contributed by atoms with Gasteiger partial charge >= 0.3 is 0 Å². The molecule has 5 heteroatoms.